The van der Waals surface area contributed by atoms with Crippen molar-refractivity contribution in [1.29, 1.82) is 0 Å². The summed E-state index contributed by atoms with van der Waals surface area (Å²) in [5, 5.41) is 0. The molecular formula is S4Sb. The molecule has 0 bridgehead atoms. The second-order valence-electron chi connectivity index (χ2n) is 0.211. The molecule has 0 aromatic carbocycles. The molecule has 0 atom stereocenters. The Hall–Kier alpha value is 1.70. The van der Waals surface area contributed by atoms with Gasteiger partial charge in [-0.3, -0.25) is 0 Å². The van der Waals surface area contributed by atoms with E-state index in [0.717, 1.165) is 0 Å². The predicted octanol–water partition coefficient (Wildman–Crippen LogP) is -0.390. The Bertz CT molecular complexity index is 95.6. The van der Waals surface area contributed by atoms with Crippen molar-refractivity contribution in [1.82, 2.24) is 0 Å². The van der Waals surface area contributed by atoms with Gasteiger partial charge in [-0.15, -0.1) is 0 Å². The molecule has 0 saturated heterocycles. The summed E-state index contributed by atoms with van der Waals surface area (Å²) in [5.41, 5.74) is 0. The van der Waals surface area contributed by atoms with Crippen LogP contribution in [0.3, 0.4) is 0 Å². The van der Waals surface area contributed by atoms with Crippen molar-refractivity contribution in [2.45, 2.75) is 0 Å². The maximum absolute atomic E-state index is 4.52. The van der Waals surface area contributed by atoms with E-state index in [1.54, 1.807) is 36.8 Å². The van der Waals surface area contributed by atoms with Crippen LogP contribution in [0.15, 0.2) is 0 Å². The van der Waals surface area contributed by atoms with Crippen LogP contribution >= 0.6 is 0 Å². The Kier molecular flexibility index (Phi) is 7.63. The first-order chi connectivity index (χ1) is 2.41. The zero-order valence-electron chi connectivity index (χ0n) is 2.08. The third-order valence-corrected chi connectivity index (χ3v) is 7.76. The van der Waals surface area contributed by atoms with Crippen molar-refractivity contribution < 1.29 is 0 Å². The van der Waals surface area contributed by atoms with Gasteiger partial charge in [0.25, 0.3) is 0 Å². The van der Waals surface area contributed by atoms with Gasteiger partial charge in [0.15, 0.2) is 0 Å². The summed E-state index contributed by atoms with van der Waals surface area (Å²) in [4.78, 5) is 0. The van der Waals surface area contributed by atoms with Gasteiger partial charge in [0.05, 0.1) is 0 Å². The summed E-state index contributed by atoms with van der Waals surface area (Å²) in [6, 6.07) is 0. The quantitative estimate of drug-likeness (QED) is 0.528. The number of hydrogen-bond donors (Lipinski definition) is 0. The van der Waals surface area contributed by atoms with Crippen molar-refractivity contribution in [2.75, 3.05) is 0 Å². The average molecular weight is 250 g/mol. The summed E-state index contributed by atoms with van der Waals surface area (Å²) in [5.74, 6) is 0. The minimum absolute atomic E-state index is 1.38. The fourth-order valence-electron chi connectivity index (χ4n) is 0.0124. The van der Waals surface area contributed by atoms with E-state index in [1.165, 1.54) is 8.88 Å². The minimum atomic E-state index is 1.38. The average Bonchev–Trinajstić information content (AvgIpc) is 1.41. The van der Waals surface area contributed by atoms with E-state index in [4.69, 9.17) is 0 Å². The standard InChI is InChI=1S/S4.Sb/c1-3-4-2;. The second kappa shape index (κ2) is 5.70. The molecule has 5 heteroatoms. The zero-order valence-corrected chi connectivity index (χ0v) is 7.90. The van der Waals surface area contributed by atoms with Crippen LogP contribution < -0.4 is 0 Å². The monoisotopic (exact) mass is 249 g/mol. The molecule has 0 aliphatic rings. The Labute approximate surface area is 56.2 Å². The molecule has 0 unspecified atom stereocenters. The molecule has 0 aliphatic heterocycles. The Balaban J connectivity index is 4.38. The number of hydrogen-bond acceptors (Lipinski definition) is 1. The first-order valence-corrected chi connectivity index (χ1v) is 8.17. The molecule has 0 N–H and O–H groups in total. The van der Waals surface area contributed by atoms with Gasteiger partial charge in [-0.25, -0.2) is 0 Å². The molecule has 0 rings (SSSR count). The summed E-state index contributed by atoms with van der Waals surface area (Å²) in [7, 11) is 3.01. The van der Waals surface area contributed by atoms with Gasteiger partial charge in [0.2, 0.25) is 0 Å². The van der Waals surface area contributed by atoms with Crippen molar-refractivity contribution >= 4 is 56.9 Å². The predicted molar refractivity (Wildman–Crippen MR) is 35.2 cm³/mol. The fraction of sp³-hybridized carbons (Fsp3) is 0. The van der Waals surface area contributed by atoms with Gasteiger partial charge in [-0.05, 0) is 0 Å². The molecular weight excluding hydrogens is 250 g/mol. The molecule has 0 fully saturated rings. The molecule has 0 heterocycles. The number of rotatable bonds is 0. The molecule has 5 heavy (non-hydrogen) atoms. The van der Waals surface area contributed by atoms with Crippen molar-refractivity contribution in [3.63, 3.8) is 0 Å². The van der Waals surface area contributed by atoms with Crippen LogP contribution in [0.25, 0.3) is 0 Å². The van der Waals surface area contributed by atoms with Gasteiger partial charge in [-0.2, -0.15) is 0 Å². The van der Waals surface area contributed by atoms with Gasteiger partial charge < -0.3 is 0 Å². The molecule has 0 saturated carbocycles. The Morgan fingerprint density at radius 2 is 2.20 bits per heavy atom. The first kappa shape index (κ1) is 6.70. The maximum atomic E-state index is 4.52. The molecule has 0 aliphatic carbocycles. The van der Waals surface area contributed by atoms with Crippen LogP contribution in [0, 0.1) is 0 Å². The summed E-state index contributed by atoms with van der Waals surface area (Å²) in [6.07, 6.45) is 0. The van der Waals surface area contributed by atoms with Crippen LogP contribution in [-0.2, 0) is 35.8 Å². The van der Waals surface area contributed by atoms with E-state index in [9.17, 15) is 0 Å². The van der Waals surface area contributed by atoms with Crippen molar-refractivity contribution in [2.24, 2.45) is 0 Å². The van der Waals surface area contributed by atoms with Crippen LogP contribution in [0.4, 0.5) is 0 Å². The molecule has 0 aromatic heterocycles. The Morgan fingerprint density at radius 1 is 1.60 bits per heavy atom. The van der Waals surface area contributed by atoms with Gasteiger partial charge in [0.1, 0.15) is 0 Å². The molecule has 0 aromatic rings. The first-order valence-electron chi connectivity index (χ1n) is 0.683. The Morgan fingerprint density at radius 3 is 2.20 bits per heavy atom. The van der Waals surface area contributed by atoms with Crippen LogP contribution in [0.5, 0.6) is 0 Å². The van der Waals surface area contributed by atoms with Gasteiger partial charge >= 0.3 is 56.9 Å². The molecule has 0 spiro atoms. The molecule has 29 valence electrons. The zero-order chi connectivity index (χ0) is 4.12. The fourth-order valence-corrected chi connectivity index (χ4v) is 6.75. The van der Waals surface area contributed by atoms with Crippen LogP contribution in [-0.4, -0.2) is 21.1 Å². The van der Waals surface area contributed by atoms with E-state index in [1.807, 2.05) is 0 Å². The third-order valence-electron chi connectivity index (χ3n) is 0.0582. The van der Waals surface area contributed by atoms with E-state index in [0.29, 0.717) is 0 Å². The summed E-state index contributed by atoms with van der Waals surface area (Å²) < 4.78 is 0. The van der Waals surface area contributed by atoms with Crippen molar-refractivity contribution in [3.05, 3.63) is 0 Å². The molecule has 0 amide bonds. The summed E-state index contributed by atoms with van der Waals surface area (Å²) in [6.45, 7) is 1.73. The van der Waals surface area contributed by atoms with Crippen LogP contribution in [0.2, 0.25) is 0 Å². The SMILES string of the molecule is S=S=S=[S]=[Sb]. The van der Waals surface area contributed by atoms with Gasteiger partial charge in [-0.1, -0.05) is 0 Å². The third kappa shape index (κ3) is 5.70. The van der Waals surface area contributed by atoms with Crippen LogP contribution in [0.1, 0.15) is 0 Å². The van der Waals surface area contributed by atoms with E-state index >= 15 is 0 Å². The topological polar surface area (TPSA) is 0 Å². The molecule has 1 radical (unpaired) electrons. The molecule has 0 nitrogen and oxygen atoms in total. The van der Waals surface area contributed by atoms with Gasteiger partial charge in [0, 0.05) is 0 Å². The van der Waals surface area contributed by atoms with E-state index < -0.39 is 0 Å². The second-order valence-corrected chi connectivity index (χ2v) is 8.17. The summed E-state index contributed by atoms with van der Waals surface area (Å²) >= 11 is 6.23. The normalized spacial score (nSPS) is 5.60. The van der Waals surface area contributed by atoms with E-state index in [2.05, 4.69) is 11.2 Å². The van der Waals surface area contributed by atoms with E-state index in [-0.39, 0.29) is 0 Å². The van der Waals surface area contributed by atoms with Crippen molar-refractivity contribution in [3.8, 4) is 0 Å².